The summed E-state index contributed by atoms with van der Waals surface area (Å²) in [6, 6.07) is 5.51. The van der Waals surface area contributed by atoms with E-state index in [1.807, 2.05) is 32.9 Å². The predicted molar refractivity (Wildman–Crippen MR) is 74.3 cm³/mol. The summed E-state index contributed by atoms with van der Waals surface area (Å²) < 4.78 is 39.7. The highest BCUT2D eigenvalue weighted by molar-refractivity contribution is 5.47. The quantitative estimate of drug-likeness (QED) is 0.807. The minimum atomic E-state index is -1.19. The topological polar surface area (TPSA) is 12.0 Å². The van der Waals surface area contributed by atoms with Crippen molar-refractivity contribution in [3.05, 3.63) is 64.0 Å². The van der Waals surface area contributed by atoms with Crippen molar-refractivity contribution in [3.8, 4) is 0 Å². The van der Waals surface area contributed by atoms with Gasteiger partial charge >= 0.3 is 0 Å². The van der Waals surface area contributed by atoms with Crippen LogP contribution in [-0.4, -0.2) is 0 Å². The van der Waals surface area contributed by atoms with E-state index in [4.69, 9.17) is 0 Å². The predicted octanol–water partition coefficient (Wildman–Crippen LogP) is 4.64. The molecule has 2 rings (SSSR count). The van der Waals surface area contributed by atoms with Gasteiger partial charge in [0.15, 0.2) is 11.6 Å². The standard InChI is InChI=1S/C16H16F3N/c1-9-4-11(3)12(5-10(9)2)8-20-15-7-13(17)6-14(18)16(15)19/h4-7,20H,8H2,1-3H3. The Kier molecular flexibility index (Phi) is 4.02. The van der Waals surface area contributed by atoms with Crippen molar-refractivity contribution in [2.75, 3.05) is 5.32 Å². The van der Waals surface area contributed by atoms with Crippen LogP contribution in [0.15, 0.2) is 24.3 Å². The maximum absolute atomic E-state index is 13.5. The first-order valence-electron chi connectivity index (χ1n) is 6.33. The molecule has 0 bridgehead atoms. The second-order valence-electron chi connectivity index (χ2n) is 4.97. The van der Waals surface area contributed by atoms with E-state index >= 15 is 0 Å². The Morgan fingerprint density at radius 3 is 2.20 bits per heavy atom. The number of aryl methyl sites for hydroxylation is 3. The van der Waals surface area contributed by atoms with Crippen molar-refractivity contribution in [2.45, 2.75) is 27.3 Å². The molecule has 0 saturated heterocycles. The van der Waals surface area contributed by atoms with Crippen molar-refractivity contribution in [1.82, 2.24) is 0 Å². The average Bonchev–Trinajstić information content (AvgIpc) is 2.37. The molecule has 2 aromatic rings. The lowest BCUT2D eigenvalue weighted by Gasteiger charge is -2.12. The van der Waals surface area contributed by atoms with Gasteiger partial charge in [-0.05, 0) is 43.0 Å². The zero-order chi connectivity index (χ0) is 14.9. The van der Waals surface area contributed by atoms with E-state index in [0.717, 1.165) is 22.8 Å². The molecule has 2 aromatic carbocycles. The Morgan fingerprint density at radius 1 is 0.850 bits per heavy atom. The first kappa shape index (κ1) is 14.4. The monoisotopic (exact) mass is 279 g/mol. The van der Waals surface area contributed by atoms with Crippen LogP contribution in [0.3, 0.4) is 0 Å². The van der Waals surface area contributed by atoms with E-state index in [1.165, 1.54) is 5.56 Å². The molecular formula is C16H16F3N. The molecule has 0 aliphatic carbocycles. The zero-order valence-electron chi connectivity index (χ0n) is 11.7. The smallest absolute Gasteiger partial charge is 0.182 e. The minimum absolute atomic E-state index is 0.167. The van der Waals surface area contributed by atoms with Crippen LogP contribution in [-0.2, 0) is 6.54 Å². The summed E-state index contributed by atoms with van der Waals surface area (Å²) in [5.74, 6) is -3.06. The highest BCUT2D eigenvalue weighted by Gasteiger charge is 2.11. The van der Waals surface area contributed by atoms with E-state index in [1.54, 1.807) is 0 Å². The Morgan fingerprint density at radius 2 is 1.50 bits per heavy atom. The van der Waals surface area contributed by atoms with E-state index in [2.05, 4.69) is 5.32 Å². The Bertz CT molecular complexity index is 651. The van der Waals surface area contributed by atoms with Crippen molar-refractivity contribution >= 4 is 5.69 Å². The van der Waals surface area contributed by atoms with Crippen molar-refractivity contribution in [3.63, 3.8) is 0 Å². The van der Waals surface area contributed by atoms with Crippen LogP contribution in [0.4, 0.5) is 18.9 Å². The van der Waals surface area contributed by atoms with Gasteiger partial charge < -0.3 is 5.32 Å². The lowest BCUT2D eigenvalue weighted by atomic mass is 10.0. The van der Waals surface area contributed by atoms with Gasteiger partial charge in [-0.1, -0.05) is 12.1 Å². The molecule has 0 aliphatic rings. The van der Waals surface area contributed by atoms with Crippen LogP contribution in [0.2, 0.25) is 0 Å². The molecule has 20 heavy (non-hydrogen) atoms. The van der Waals surface area contributed by atoms with Gasteiger partial charge in [0.2, 0.25) is 0 Å². The molecule has 0 unspecified atom stereocenters. The van der Waals surface area contributed by atoms with Gasteiger partial charge in [0.1, 0.15) is 5.82 Å². The maximum atomic E-state index is 13.5. The van der Waals surface area contributed by atoms with Crippen LogP contribution < -0.4 is 5.32 Å². The molecule has 1 nitrogen and oxygen atoms in total. The fourth-order valence-electron chi connectivity index (χ4n) is 2.09. The highest BCUT2D eigenvalue weighted by atomic mass is 19.2. The molecule has 0 atom stereocenters. The third kappa shape index (κ3) is 2.95. The van der Waals surface area contributed by atoms with Crippen molar-refractivity contribution in [1.29, 1.82) is 0 Å². The molecule has 4 heteroatoms. The van der Waals surface area contributed by atoms with Crippen LogP contribution in [0.5, 0.6) is 0 Å². The zero-order valence-corrected chi connectivity index (χ0v) is 11.7. The number of nitrogens with one attached hydrogen (secondary N) is 1. The van der Waals surface area contributed by atoms with E-state index in [0.29, 0.717) is 12.6 Å². The lowest BCUT2D eigenvalue weighted by Crippen LogP contribution is -2.05. The molecule has 0 heterocycles. The molecule has 106 valence electrons. The lowest BCUT2D eigenvalue weighted by molar-refractivity contribution is 0.497. The number of halogens is 3. The maximum Gasteiger partial charge on any atom is 0.182 e. The molecule has 0 spiro atoms. The number of hydrogen-bond acceptors (Lipinski definition) is 1. The van der Waals surface area contributed by atoms with Gasteiger partial charge in [-0.2, -0.15) is 0 Å². The Hall–Kier alpha value is -1.97. The van der Waals surface area contributed by atoms with Gasteiger partial charge in [0, 0.05) is 18.7 Å². The summed E-state index contributed by atoms with van der Waals surface area (Å²) in [5, 5.41) is 2.74. The molecule has 1 N–H and O–H groups in total. The van der Waals surface area contributed by atoms with Crippen LogP contribution >= 0.6 is 0 Å². The molecular weight excluding hydrogens is 263 g/mol. The first-order chi connectivity index (χ1) is 9.38. The van der Waals surface area contributed by atoms with Gasteiger partial charge in [-0.25, -0.2) is 13.2 Å². The largest absolute Gasteiger partial charge is 0.378 e. The fraction of sp³-hybridized carbons (Fsp3) is 0.250. The minimum Gasteiger partial charge on any atom is -0.378 e. The number of anilines is 1. The average molecular weight is 279 g/mol. The summed E-state index contributed by atoms with van der Waals surface area (Å²) in [6.45, 7) is 6.26. The first-order valence-corrected chi connectivity index (χ1v) is 6.33. The fourth-order valence-corrected chi connectivity index (χ4v) is 2.09. The van der Waals surface area contributed by atoms with Crippen LogP contribution in [0.25, 0.3) is 0 Å². The molecule has 0 aliphatic heterocycles. The van der Waals surface area contributed by atoms with E-state index in [9.17, 15) is 13.2 Å². The van der Waals surface area contributed by atoms with Crippen LogP contribution in [0.1, 0.15) is 22.3 Å². The molecule has 0 aromatic heterocycles. The summed E-state index contributed by atoms with van der Waals surface area (Å²) >= 11 is 0. The number of rotatable bonds is 3. The van der Waals surface area contributed by atoms with Gasteiger partial charge in [-0.15, -0.1) is 0 Å². The van der Waals surface area contributed by atoms with E-state index < -0.39 is 17.5 Å². The third-order valence-electron chi connectivity index (χ3n) is 3.41. The summed E-state index contributed by atoms with van der Waals surface area (Å²) in [4.78, 5) is 0. The second-order valence-corrected chi connectivity index (χ2v) is 4.97. The summed E-state index contributed by atoms with van der Waals surface area (Å²) in [5.41, 5.74) is 4.16. The summed E-state index contributed by atoms with van der Waals surface area (Å²) in [7, 11) is 0. The van der Waals surface area contributed by atoms with Crippen molar-refractivity contribution < 1.29 is 13.2 Å². The van der Waals surface area contributed by atoms with Gasteiger partial charge in [0.25, 0.3) is 0 Å². The van der Waals surface area contributed by atoms with Crippen molar-refractivity contribution in [2.24, 2.45) is 0 Å². The normalized spacial score (nSPS) is 10.7. The molecule has 0 fully saturated rings. The number of benzene rings is 2. The second kappa shape index (κ2) is 5.57. The van der Waals surface area contributed by atoms with Crippen LogP contribution in [0, 0.1) is 38.2 Å². The summed E-state index contributed by atoms with van der Waals surface area (Å²) in [6.07, 6.45) is 0. The highest BCUT2D eigenvalue weighted by Crippen LogP contribution is 2.21. The molecule has 0 radical (unpaired) electrons. The SMILES string of the molecule is Cc1cc(C)c(CNc2cc(F)cc(F)c2F)cc1C. The third-order valence-corrected chi connectivity index (χ3v) is 3.41. The number of hydrogen-bond donors (Lipinski definition) is 1. The Labute approximate surface area is 116 Å². The van der Waals surface area contributed by atoms with E-state index in [-0.39, 0.29) is 5.69 Å². The van der Waals surface area contributed by atoms with Gasteiger partial charge in [-0.3, -0.25) is 0 Å². The Balaban J connectivity index is 2.23. The molecule has 0 amide bonds. The van der Waals surface area contributed by atoms with Gasteiger partial charge in [0.05, 0.1) is 5.69 Å². The molecule has 0 saturated carbocycles.